The van der Waals surface area contributed by atoms with Gasteiger partial charge >= 0.3 is 5.97 Å². The summed E-state index contributed by atoms with van der Waals surface area (Å²) in [5.41, 5.74) is 1.41. The molecule has 1 aromatic carbocycles. The number of hydrogen-bond acceptors (Lipinski definition) is 8. The Labute approximate surface area is 205 Å². The number of esters is 1. The quantitative estimate of drug-likeness (QED) is 0.226. The van der Waals surface area contributed by atoms with E-state index in [1.54, 1.807) is 6.92 Å². The first-order chi connectivity index (χ1) is 16.5. The van der Waals surface area contributed by atoms with Crippen molar-refractivity contribution in [3.63, 3.8) is 0 Å². The molecule has 0 radical (unpaired) electrons. The molecular weight excluding hydrogens is 452 g/mol. The van der Waals surface area contributed by atoms with E-state index >= 15 is 0 Å². The van der Waals surface area contributed by atoms with Crippen LogP contribution in [0.2, 0.25) is 0 Å². The van der Waals surface area contributed by atoms with E-state index in [1.807, 2.05) is 13.8 Å². The lowest BCUT2D eigenvalue weighted by atomic mass is 9.68. The van der Waals surface area contributed by atoms with E-state index in [9.17, 15) is 19.7 Å². The second-order valence-electron chi connectivity index (χ2n) is 9.80. The maximum absolute atomic E-state index is 13.5. The van der Waals surface area contributed by atoms with Crippen LogP contribution in [0.15, 0.2) is 34.7 Å². The molecule has 0 aromatic heterocycles. The Morgan fingerprint density at radius 1 is 1.17 bits per heavy atom. The number of hydrogen-bond donors (Lipinski definition) is 1. The number of Topliss-reactive ketones (excluding diaryl/α,β-unsaturated/α-hetero) is 1. The molecule has 0 saturated carbocycles. The predicted molar refractivity (Wildman–Crippen MR) is 130 cm³/mol. The molecule has 1 N–H and O–H groups in total. The highest BCUT2D eigenvalue weighted by Gasteiger charge is 2.45. The Kier molecular flexibility index (Phi) is 7.87. The number of ether oxygens (including phenoxy) is 3. The molecule has 0 spiro atoms. The lowest BCUT2D eigenvalue weighted by Gasteiger charge is -2.39. The molecule has 3 rings (SSSR count). The van der Waals surface area contributed by atoms with Crippen molar-refractivity contribution < 1.29 is 28.7 Å². The van der Waals surface area contributed by atoms with E-state index in [0.29, 0.717) is 29.8 Å². The van der Waals surface area contributed by atoms with Gasteiger partial charge in [0.05, 0.1) is 43.3 Å². The average molecular weight is 487 g/mol. The maximum Gasteiger partial charge on any atom is 0.336 e. The van der Waals surface area contributed by atoms with E-state index in [0.717, 1.165) is 12.8 Å². The lowest BCUT2D eigenvalue weighted by Crippen LogP contribution is -2.39. The molecule has 190 valence electrons. The minimum Gasteiger partial charge on any atom is -0.493 e. The predicted octanol–water partition coefficient (Wildman–Crippen LogP) is 4.95. The van der Waals surface area contributed by atoms with Crippen LogP contribution >= 0.6 is 0 Å². The fourth-order valence-electron chi connectivity index (χ4n) is 4.89. The van der Waals surface area contributed by atoms with Crippen LogP contribution in [0, 0.1) is 15.5 Å². The SMILES string of the molecule is CCCCCOC(=O)C1=C(C)NC2=C(C(=O)CC(C)(C)C2)C1c1cc(OC)c(OC)cc1[N+](=O)[O-]. The van der Waals surface area contributed by atoms with Gasteiger partial charge in [0.1, 0.15) is 0 Å². The number of nitro groups is 1. The number of nitro benzene ring substituents is 1. The fourth-order valence-corrected chi connectivity index (χ4v) is 4.89. The van der Waals surface area contributed by atoms with Crippen molar-refractivity contribution in [2.75, 3.05) is 20.8 Å². The van der Waals surface area contributed by atoms with Crippen molar-refractivity contribution in [3.8, 4) is 11.5 Å². The zero-order valence-electron chi connectivity index (χ0n) is 21.3. The summed E-state index contributed by atoms with van der Waals surface area (Å²) in [4.78, 5) is 38.4. The third kappa shape index (κ3) is 5.33. The summed E-state index contributed by atoms with van der Waals surface area (Å²) in [5.74, 6) is -1.25. The number of nitrogens with one attached hydrogen (secondary N) is 1. The largest absolute Gasteiger partial charge is 0.493 e. The first-order valence-corrected chi connectivity index (χ1v) is 11.9. The van der Waals surface area contributed by atoms with E-state index in [2.05, 4.69) is 12.2 Å². The molecule has 1 aliphatic carbocycles. The molecule has 1 aliphatic heterocycles. The van der Waals surface area contributed by atoms with Gasteiger partial charge in [0.15, 0.2) is 17.3 Å². The lowest BCUT2D eigenvalue weighted by molar-refractivity contribution is -0.385. The number of unbranched alkanes of at least 4 members (excludes halogenated alkanes) is 2. The van der Waals surface area contributed by atoms with Crippen molar-refractivity contribution in [1.82, 2.24) is 5.32 Å². The molecule has 1 aromatic rings. The van der Waals surface area contributed by atoms with Crippen molar-refractivity contribution >= 4 is 17.4 Å². The van der Waals surface area contributed by atoms with E-state index < -0.39 is 16.8 Å². The van der Waals surface area contributed by atoms with Crippen LogP contribution in [-0.4, -0.2) is 37.5 Å². The van der Waals surface area contributed by atoms with Gasteiger partial charge in [-0.05, 0) is 31.2 Å². The van der Waals surface area contributed by atoms with Gasteiger partial charge in [-0.25, -0.2) is 4.79 Å². The van der Waals surface area contributed by atoms with E-state index in [-0.39, 0.29) is 52.5 Å². The summed E-state index contributed by atoms with van der Waals surface area (Å²) in [7, 11) is 2.82. The summed E-state index contributed by atoms with van der Waals surface area (Å²) >= 11 is 0. The molecule has 9 nitrogen and oxygen atoms in total. The topological polar surface area (TPSA) is 117 Å². The van der Waals surface area contributed by atoms with Crippen LogP contribution < -0.4 is 14.8 Å². The zero-order chi connectivity index (χ0) is 25.9. The third-order valence-corrected chi connectivity index (χ3v) is 6.48. The van der Waals surface area contributed by atoms with Crippen LogP contribution in [-0.2, 0) is 14.3 Å². The number of rotatable bonds is 9. The number of methoxy groups -OCH3 is 2. The number of dihydropyridines is 1. The Balaban J connectivity index is 2.23. The van der Waals surface area contributed by atoms with E-state index in [1.165, 1.54) is 26.4 Å². The molecule has 1 unspecified atom stereocenters. The number of benzene rings is 1. The monoisotopic (exact) mass is 486 g/mol. The number of allylic oxidation sites excluding steroid dienone is 3. The van der Waals surface area contributed by atoms with E-state index in [4.69, 9.17) is 14.2 Å². The average Bonchev–Trinajstić information content (AvgIpc) is 2.78. The molecular formula is C26H34N2O7. The Morgan fingerprint density at radius 2 is 1.83 bits per heavy atom. The highest BCUT2D eigenvalue weighted by Crippen LogP contribution is 2.50. The molecule has 0 amide bonds. The normalized spacial score (nSPS) is 19.1. The van der Waals surface area contributed by atoms with Gasteiger partial charge in [-0.15, -0.1) is 0 Å². The molecule has 0 saturated heterocycles. The zero-order valence-corrected chi connectivity index (χ0v) is 21.3. The van der Waals surface area contributed by atoms with Gasteiger partial charge in [0, 0.05) is 29.0 Å². The highest BCUT2D eigenvalue weighted by molar-refractivity contribution is 6.04. The fraction of sp³-hybridized carbons (Fsp3) is 0.538. The van der Waals surface area contributed by atoms with Gasteiger partial charge in [-0.3, -0.25) is 14.9 Å². The summed E-state index contributed by atoms with van der Waals surface area (Å²) in [6.07, 6.45) is 3.44. The maximum atomic E-state index is 13.5. The molecule has 1 heterocycles. The Hall–Kier alpha value is -3.36. The first kappa shape index (κ1) is 26.2. The molecule has 2 aliphatic rings. The molecule has 35 heavy (non-hydrogen) atoms. The standard InChI is InChI=1S/C26H34N2O7/c1-7-8-9-10-35-25(30)22-15(2)27-17-13-26(3,4)14-19(29)24(17)23(22)16-11-20(33-5)21(34-6)12-18(16)28(31)32/h11-12,23,27H,7-10,13-14H2,1-6H3. The number of carbonyl (C=O) groups is 2. The molecule has 1 atom stereocenters. The smallest absolute Gasteiger partial charge is 0.336 e. The summed E-state index contributed by atoms with van der Waals surface area (Å²) in [6, 6.07) is 2.76. The minimum atomic E-state index is -0.964. The van der Waals surface area contributed by atoms with Crippen molar-refractivity contribution in [3.05, 3.63) is 50.4 Å². The van der Waals surface area contributed by atoms with Crippen LogP contribution in [0.4, 0.5) is 5.69 Å². The number of ketones is 1. The van der Waals surface area contributed by atoms with Gasteiger partial charge in [-0.2, -0.15) is 0 Å². The third-order valence-electron chi connectivity index (χ3n) is 6.48. The number of carbonyl (C=O) groups excluding carboxylic acids is 2. The minimum absolute atomic E-state index is 0.151. The first-order valence-electron chi connectivity index (χ1n) is 11.9. The molecule has 0 bridgehead atoms. The van der Waals surface area contributed by atoms with Crippen molar-refractivity contribution in [2.45, 2.75) is 65.7 Å². The van der Waals surface area contributed by atoms with Gasteiger partial charge in [-0.1, -0.05) is 33.6 Å². The summed E-state index contributed by atoms with van der Waals surface area (Å²) in [6.45, 7) is 8.02. The van der Waals surface area contributed by atoms with Gasteiger partial charge < -0.3 is 19.5 Å². The van der Waals surface area contributed by atoms with Gasteiger partial charge in [0.25, 0.3) is 5.69 Å². The Bertz CT molecular complexity index is 1100. The van der Waals surface area contributed by atoms with Crippen molar-refractivity contribution in [1.29, 1.82) is 0 Å². The van der Waals surface area contributed by atoms with Crippen LogP contribution in [0.5, 0.6) is 11.5 Å². The highest BCUT2D eigenvalue weighted by atomic mass is 16.6. The van der Waals surface area contributed by atoms with Gasteiger partial charge in [0.2, 0.25) is 0 Å². The molecule has 0 fully saturated rings. The summed E-state index contributed by atoms with van der Waals surface area (Å²) in [5, 5.41) is 15.4. The van der Waals surface area contributed by atoms with Crippen LogP contribution in [0.3, 0.4) is 0 Å². The molecule has 9 heteroatoms. The Morgan fingerprint density at radius 3 is 2.43 bits per heavy atom. The second-order valence-corrected chi connectivity index (χ2v) is 9.80. The number of nitrogens with zero attached hydrogens (tertiary/aromatic N) is 1. The summed E-state index contributed by atoms with van der Waals surface area (Å²) < 4.78 is 16.3. The van der Waals surface area contributed by atoms with Crippen LogP contribution in [0.25, 0.3) is 0 Å². The second kappa shape index (κ2) is 10.5. The van der Waals surface area contributed by atoms with Crippen molar-refractivity contribution in [2.24, 2.45) is 5.41 Å². The van der Waals surface area contributed by atoms with Crippen LogP contribution in [0.1, 0.15) is 71.3 Å².